The Morgan fingerprint density at radius 3 is 3.00 bits per heavy atom. The van der Waals surface area contributed by atoms with E-state index in [9.17, 15) is 0 Å². The molecule has 2 atom stereocenters. The van der Waals surface area contributed by atoms with Gasteiger partial charge in [0.05, 0.1) is 0 Å². The first-order valence-electron chi connectivity index (χ1n) is 5.68. The zero-order valence-corrected chi connectivity index (χ0v) is 9.56. The average molecular weight is 208 g/mol. The van der Waals surface area contributed by atoms with Crippen LogP contribution in [0.15, 0.2) is 12.4 Å². The predicted octanol–water partition coefficient (Wildman–Crippen LogP) is 0.984. The molecule has 0 aromatic carbocycles. The van der Waals surface area contributed by atoms with Crippen molar-refractivity contribution in [3.63, 3.8) is 0 Å². The highest BCUT2D eigenvalue weighted by molar-refractivity contribution is 5.34. The summed E-state index contributed by atoms with van der Waals surface area (Å²) in [7, 11) is 2.04. The summed E-state index contributed by atoms with van der Waals surface area (Å²) in [4.78, 5) is 6.76. The van der Waals surface area contributed by atoms with Crippen LogP contribution in [0.5, 0.6) is 0 Å². The maximum absolute atomic E-state index is 5.86. The number of hydrogen-bond donors (Lipinski definition) is 1. The Bertz CT molecular complexity index is 320. The lowest BCUT2D eigenvalue weighted by Crippen LogP contribution is -2.49. The van der Waals surface area contributed by atoms with Crippen molar-refractivity contribution in [2.24, 2.45) is 18.7 Å². The predicted molar refractivity (Wildman–Crippen MR) is 61.8 cm³/mol. The van der Waals surface area contributed by atoms with Crippen molar-refractivity contribution in [2.45, 2.75) is 25.8 Å². The molecule has 4 heteroatoms. The monoisotopic (exact) mass is 208 g/mol. The van der Waals surface area contributed by atoms with Crippen molar-refractivity contribution >= 4 is 5.95 Å². The normalized spacial score (nSPS) is 27.0. The Hall–Kier alpha value is -1.03. The van der Waals surface area contributed by atoms with E-state index in [4.69, 9.17) is 5.73 Å². The number of hydrogen-bond acceptors (Lipinski definition) is 3. The zero-order chi connectivity index (χ0) is 10.8. The van der Waals surface area contributed by atoms with Crippen LogP contribution in [0.1, 0.15) is 19.8 Å². The van der Waals surface area contributed by atoms with E-state index >= 15 is 0 Å². The van der Waals surface area contributed by atoms with Crippen LogP contribution in [-0.4, -0.2) is 28.7 Å². The van der Waals surface area contributed by atoms with Crippen molar-refractivity contribution in [1.82, 2.24) is 9.55 Å². The number of aryl methyl sites for hydroxylation is 1. The van der Waals surface area contributed by atoms with E-state index in [1.165, 1.54) is 12.8 Å². The van der Waals surface area contributed by atoms with Crippen molar-refractivity contribution in [3.8, 4) is 0 Å². The van der Waals surface area contributed by atoms with Crippen LogP contribution in [0.2, 0.25) is 0 Å². The fourth-order valence-electron chi connectivity index (χ4n) is 2.49. The molecule has 0 bridgehead atoms. The second-order valence-electron chi connectivity index (χ2n) is 4.45. The molecule has 2 N–H and O–H groups in total. The molecule has 1 fully saturated rings. The van der Waals surface area contributed by atoms with E-state index in [0.29, 0.717) is 18.5 Å². The molecule has 1 aliphatic heterocycles. The highest BCUT2D eigenvalue weighted by atomic mass is 15.3. The largest absolute Gasteiger partial charge is 0.338 e. The van der Waals surface area contributed by atoms with Crippen molar-refractivity contribution in [2.75, 3.05) is 18.0 Å². The van der Waals surface area contributed by atoms with Gasteiger partial charge in [-0.15, -0.1) is 0 Å². The Balaban J connectivity index is 2.23. The van der Waals surface area contributed by atoms with E-state index in [1.54, 1.807) is 0 Å². The van der Waals surface area contributed by atoms with E-state index in [-0.39, 0.29) is 0 Å². The second-order valence-corrected chi connectivity index (χ2v) is 4.45. The van der Waals surface area contributed by atoms with Gasteiger partial charge in [-0.1, -0.05) is 6.92 Å². The number of aromatic nitrogens is 2. The summed E-state index contributed by atoms with van der Waals surface area (Å²) in [5, 5.41) is 0. The molecule has 4 nitrogen and oxygen atoms in total. The van der Waals surface area contributed by atoms with Crippen LogP contribution in [0.25, 0.3) is 0 Å². The molecule has 1 aromatic heterocycles. The molecule has 0 saturated carbocycles. The van der Waals surface area contributed by atoms with E-state index in [1.807, 2.05) is 19.4 Å². The number of imidazole rings is 1. The Labute approximate surface area is 91.1 Å². The number of anilines is 1. The summed E-state index contributed by atoms with van der Waals surface area (Å²) >= 11 is 0. The quantitative estimate of drug-likeness (QED) is 0.788. The number of piperidine rings is 1. The fraction of sp³-hybridized carbons (Fsp3) is 0.727. The van der Waals surface area contributed by atoms with Gasteiger partial charge < -0.3 is 15.2 Å². The summed E-state index contributed by atoms with van der Waals surface area (Å²) in [6.07, 6.45) is 6.36. The Kier molecular flexibility index (Phi) is 2.95. The topological polar surface area (TPSA) is 47.1 Å². The average Bonchev–Trinajstić information content (AvgIpc) is 2.64. The summed E-state index contributed by atoms with van der Waals surface area (Å²) in [6.45, 7) is 4.08. The van der Waals surface area contributed by atoms with Gasteiger partial charge in [0.1, 0.15) is 0 Å². The maximum Gasteiger partial charge on any atom is 0.205 e. The van der Waals surface area contributed by atoms with Crippen LogP contribution in [0.4, 0.5) is 5.95 Å². The van der Waals surface area contributed by atoms with Gasteiger partial charge in [0, 0.05) is 38.6 Å². The molecule has 0 aliphatic carbocycles. The molecule has 84 valence electrons. The first-order chi connectivity index (χ1) is 7.24. The molecule has 1 aromatic rings. The van der Waals surface area contributed by atoms with E-state index in [2.05, 4.69) is 21.4 Å². The third-order valence-corrected chi connectivity index (χ3v) is 3.41. The lowest BCUT2D eigenvalue weighted by Gasteiger charge is -2.40. The molecule has 0 spiro atoms. The van der Waals surface area contributed by atoms with Crippen LogP contribution >= 0.6 is 0 Å². The SMILES string of the molecule is CC1CCCN(c2nccn2C)C1CN. The second kappa shape index (κ2) is 4.23. The van der Waals surface area contributed by atoms with Gasteiger partial charge in [-0.25, -0.2) is 4.98 Å². The van der Waals surface area contributed by atoms with Gasteiger partial charge in [0.2, 0.25) is 5.95 Å². The first kappa shape index (κ1) is 10.5. The van der Waals surface area contributed by atoms with Crippen molar-refractivity contribution in [1.29, 1.82) is 0 Å². The van der Waals surface area contributed by atoms with Gasteiger partial charge >= 0.3 is 0 Å². The number of rotatable bonds is 2. The molecule has 15 heavy (non-hydrogen) atoms. The third-order valence-electron chi connectivity index (χ3n) is 3.41. The van der Waals surface area contributed by atoms with E-state index < -0.39 is 0 Å². The molecule has 2 unspecified atom stereocenters. The minimum Gasteiger partial charge on any atom is -0.338 e. The van der Waals surface area contributed by atoms with Crippen LogP contribution in [0, 0.1) is 5.92 Å². The molecule has 1 saturated heterocycles. The molecule has 1 aliphatic rings. The van der Waals surface area contributed by atoms with Gasteiger partial charge in [-0.3, -0.25) is 0 Å². The maximum atomic E-state index is 5.86. The highest BCUT2D eigenvalue weighted by Crippen LogP contribution is 2.26. The molecule has 2 rings (SSSR count). The van der Waals surface area contributed by atoms with Crippen molar-refractivity contribution < 1.29 is 0 Å². The molecular weight excluding hydrogens is 188 g/mol. The standard InChI is InChI=1S/C11H20N4/c1-9-4-3-6-15(10(9)8-12)11-13-5-7-14(11)2/h5,7,9-10H,3-4,6,8,12H2,1-2H3. The Morgan fingerprint density at radius 2 is 2.40 bits per heavy atom. The van der Waals surface area contributed by atoms with Crippen LogP contribution in [0.3, 0.4) is 0 Å². The number of nitrogens with two attached hydrogens (primary N) is 1. The lowest BCUT2D eigenvalue weighted by atomic mass is 9.91. The third kappa shape index (κ3) is 1.86. The lowest BCUT2D eigenvalue weighted by molar-refractivity contribution is 0.344. The summed E-state index contributed by atoms with van der Waals surface area (Å²) < 4.78 is 2.07. The molecule has 0 amide bonds. The fourth-order valence-corrected chi connectivity index (χ4v) is 2.49. The number of nitrogens with zero attached hydrogens (tertiary/aromatic N) is 3. The van der Waals surface area contributed by atoms with Gasteiger partial charge in [0.25, 0.3) is 0 Å². The first-order valence-corrected chi connectivity index (χ1v) is 5.68. The molecule has 2 heterocycles. The minimum absolute atomic E-state index is 0.444. The zero-order valence-electron chi connectivity index (χ0n) is 9.56. The Morgan fingerprint density at radius 1 is 1.60 bits per heavy atom. The van der Waals surface area contributed by atoms with E-state index in [0.717, 1.165) is 12.5 Å². The van der Waals surface area contributed by atoms with Gasteiger partial charge in [-0.05, 0) is 18.8 Å². The summed E-state index contributed by atoms with van der Waals surface area (Å²) in [5.74, 6) is 1.72. The summed E-state index contributed by atoms with van der Waals surface area (Å²) in [6, 6.07) is 0.444. The van der Waals surface area contributed by atoms with Crippen LogP contribution < -0.4 is 10.6 Å². The molecular formula is C11H20N4. The summed E-state index contributed by atoms with van der Waals surface area (Å²) in [5.41, 5.74) is 5.86. The van der Waals surface area contributed by atoms with Crippen molar-refractivity contribution in [3.05, 3.63) is 12.4 Å². The smallest absolute Gasteiger partial charge is 0.205 e. The highest BCUT2D eigenvalue weighted by Gasteiger charge is 2.29. The van der Waals surface area contributed by atoms with Gasteiger partial charge in [0.15, 0.2) is 0 Å². The van der Waals surface area contributed by atoms with Gasteiger partial charge in [-0.2, -0.15) is 0 Å². The minimum atomic E-state index is 0.444. The molecule has 0 radical (unpaired) electrons. The van der Waals surface area contributed by atoms with Crippen LogP contribution in [-0.2, 0) is 7.05 Å².